The molecule has 1 amide bonds. The minimum Gasteiger partial charge on any atom is -0.496 e. The first kappa shape index (κ1) is 19.4. The highest BCUT2D eigenvalue weighted by atomic mass is 19.4. The third-order valence-corrected chi connectivity index (χ3v) is 4.15. The van der Waals surface area contributed by atoms with Crippen molar-refractivity contribution in [2.75, 3.05) is 12.4 Å². The molecule has 0 fully saturated rings. The van der Waals surface area contributed by atoms with Crippen LogP contribution in [0.5, 0.6) is 5.75 Å². The van der Waals surface area contributed by atoms with Gasteiger partial charge in [-0.15, -0.1) is 0 Å². The normalized spacial score (nSPS) is 11.1. The maximum absolute atomic E-state index is 13.1. The fourth-order valence-corrected chi connectivity index (χ4v) is 2.87. The van der Waals surface area contributed by atoms with Crippen LogP contribution < -0.4 is 10.1 Å². The van der Waals surface area contributed by atoms with E-state index >= 15 is 0 Å². The van der Waals surface area contributed by atoms with Gasteiger partial charge in [0.05, 0.1) is 19.1 Å². The second-order valence-electron chi connectivity index (χ2n) is 6.03. The van der Waals surface area contributed by atoms with Gasteiger partial charge in [-0.1, -0.05) is 18.2 Å². The molecule has 4 nitrogen and oxygen atoms in total. The van der Waals surface area contributed by atoms with Crippen molar-refractivity contribution in [2.24, 2.45) is 0 Å². The Morgan fingerprint density at radius 2 is 1.79 bits per heavy atom. The molecule has 3 aromatic rings. The van der Waals surface area contributed by atoms with Crippen LogP contribution in [0.25, 0.3) is 11.1 Å². The van der Waals surface area contributed by atoms with Crippen molar-refractivity contribution in [3.05, 3.63) is 78.1 Å². The molecular formula is C21H17F3N2O2. The van der Waals surface area contributed by atoms with Crippen molar-refractivity contribution in [3.63, 3.8) is 0 Å². The van der Waals surface area contributed by atoms with Crippen molar-refractivity contribution in [3.8, 4) is 16.9 Å². The van der Waals surface area contributed by atoms with Gasteiger partial charge in [0, 0.05) is 29.7 Å². The summed E-state index contributed by atoms with van der Waals surface area (Å²) in [6.07, 6.45) is -1.58. The second-order valence-corrected chi connectivity index (χ2v) is 6.03. The van der Waals surface area contributed by atoms with E-state index in [-0.39, 0.29) is 12.0 Å². The number of carbonyl (C=O) groups excluding carboxylic acids is 1. The molecule has 0 spiro atoms. The zero-order valence-corrected chi connectivity index (χ0v) is 15.0. The predicted molar refractivity (Wildman–Crippen MR) is 100 cm³/mol. The molecule has 0 aliphatic rings. The number of nitrogens with one attached hydrogen (secondary N) is 1. The van der Waals surface area contributed by atoms with Crippen molar-refractivity contribution >= 4 is 11.6 Å². The molecule has 0 unspecified atom stereocenters. The number of ether oxygens (including phenoxy) is 1. The lowest BCUT2D eigenvalue weighted by Crippen LogP contribution is -2.18. The molecule has 144 valence electrons. The number of aromatic nitrogens is 1. The topological polar surface area (TPSA) is 51.2 Å². The lowest BCUT2D eigenvalue weighted by Gasteiger charge is -2.14. The Morgan fingerprint density at radius 1 is 1.07 bits per heavy atom. The number of pyridine rings is 1. The Hall–Kier alpha value is -3.35. The van der Waals surface area contributed by atoms with Crippen molar-refractivity contribution in [1.82, 2.24) is 4.98 Å². The molecule has 0 atom stereocenters. The molecular weight excluding hydrogens is 369 g/mol. The highest BCUT2D eigenvalue weighted by Crippen LogP contribution is 2.33. The maximum Gasteiger partial charge on any atom is 0.416 e. The highest BCUT2D eigenvalue weighted by molar-refractivity contribution is 5.93. The van der Waals surface area contributed by atoms with E-state index < -0.39 is 17.6 Å². The van der Waals surface area contributed by atoms with Crippen LogP contribution in [0.1, 0.15) is 11.1 Å². The molecule has 0 aliphatic heterocycles. The Kier molecular flexibility index (Phi) is 5.63. The van der Waals surface area contributed by atoms with Gasteiger partial charge in [0.25, 0.3) is 0 Å². The van der Waals surface area contributed by atoms with E-state index in [9.17, 15) is 18.0 Å². The number of amides is 1. The van der Waals surface area contributed by atoms with Gasteiger partial charge in [0.2, 0.25) is 5.91 Å². The van der Waals surface area contributed by atoms with Crippen molar-refractivity contribution in [2.45, 2.75) is 12.6 Å². The van der Waals surface area contributed by atoms with Crippen LogP contribution in [-0.2, 0) is 17.4 Å². The van der Waals surface area contributed by atoms with Crippen molar-refractivity contribution < 1.29 is 22.7 Å². The first-order valence-electron chi connectivity index (χ1n) is 8.42. The van der Waals surface area contributed by atoms with Gasteiger partial charge in [-0.05, 0) is 41.5 Å². The monoisotopic (exact) mass is 386 g/mol. The maximum atomic E-state index is 13.1. The summed E-state index contributed by atoms with van der Waals surface area (Å²) in [6, 6.07) is 13.8. The van der Waals surface area contributed by atoms with Gasteiger partial charge in [0.1, 0.15) is 5.75 Å². The van der Waals surface area contributed by atoms with Crippen LogP contribution in [0.2, 0.25) is 0 Å². The minimum absolute atomic E-state index is 0.0760. The van der Waals surface area contributed by atoms with Crippen LogP contribution in [0, 0.1) is 0 Å². The molecule has 0 radical (unpaired) electrons. The summed E-state index contributed by atoms with van der Waals surface area (Å²) in [4.78, 5) is 16.3. The summed E-state index contributed by atoms with van der Waals surface area (Å²) >= 11 is 0. The minimum atomic E-state index is -4.51. The van der Waals surface area contributed by atoms with Crippen LogP contribution in [0.15, 0.2) is 67.0 Å². The molecule has 7 heteroatoms. The quantitative estimate of drug-likeness (QED) is 0.675. The molecule has 0 bridgehead atoms. The molecule has 0 saturated carbocycles. The predicted octanol–water partition coefficient (Wildman–Crippen LogP) is 4.96. The molecule has 1 heterocycles. The zero-order valence-electron chi connectivity index (χ0n) is 15.0. The highest BCUT2D eigenvalue weighted by Gasteiger charge is 2.33. The van der Waals surface area contributed by atoms with E-state index in [1.54, 1.807) is 30.6 Å². The lowest BCUT2D eigenvalue weighted by atomic mass is 10.0. The summed E-state index contributed by atoms with van der Waals surface area (Å²) in [5.41, 5.74) is 1.25. The van der Waals surface area contributed by atoms with E-state index in [0.717, 1.165) is 17.2 Å². The summed E-state index contributed by atoms with van der Waals surface area (Å²) in [5.74, 6) is -0.0184. The summed E-state index contributed by atoms with van der Waals surface area (Å²) < 4.78 is 44.6. The Labute approximate surface area is 160 Å². The molecule has 2 aromatic carbocycles. The molecule has 3 rings (SSSR count). The number of hydrogen-bond acceptors (Lipinski definition) is 3. The number of halogens is 3. The molecule has 0 saturated heterocycles. The number of alkyl halides is 3. The van der Waals surface area contributed by atoms with Crippen molar-refractivity contribution in [1.29, 1.82) is 0 Å². The number of benzene rings is 2. The molecule has 1 N–H and O–H groups in total. The number of rotatable bonds is 5. The number of methoxy groups -OCH3 is 1. The Bertz CT molecular complexity index is 973. The van der Waals surface area contributed by atoms with Gasteiger partial charge in [-0.25, -0.2) is 0 Å². The Balaban J connectivity index is 1.79. The van der Waals surface area contributed by atoms with Crippen LogP contribution in [-0.4, -0.2) is 18.0 Å². The van der Waals surface area contributed by atoms with E-state index in [4.69, 9.17) is 4.74 Å². The smallest absolute Gasteiger partial charge is 0.416 e. The van der Waals surface area contributed by atoms with Gasteiger partial charge >= 0.3 is 6.18 Å². The van der Waals surface area contributed by atoms with Crippen LogP contribution in [0.3, 0.4) is 0 Å². The van der Waals surface area contributed by atoms with E-state index in [2.05, 4.69) is 10.3 Å². The molecule has 1 aromatic heterocycles. The van der Waals surface area contributed by atoms with Gasteiger partial charge in [-0.3, -0.25) is 9.78 Å². The average Bonchev–Trinajstić information content (AvgIpc) is 2.68. The zero-order chi connectivity index (χ0) is 20.1. The fourth-order valence-electron chi connectivity index (χ4n) is 2.87. The molecule has 0 aliphatic carbocycles. The fraction of sp³-hybridized carbons (Fsp3) is 0.143. The van der Waals surface area contributed by atoms with Gasteiger partial charge < -0.3 is 10.1 Å². The van der Waals surface area contributed by atoms with E-state index in [1.165, 1.54) is 25.3 Å². The third kappa shape index (κ3) is 4.49. The largest absolute Gasteiger partial charge is 0.496 e. The number of nitrogens with zero attached hydrogens (tertiary/aromatic N) is 1. The summed E-state index contributed by atoms with van der Waals surface area (Å²) in [7, 11) is 1.51. The number of anilines is 1. The van der Waals surface area contributed by atoms with Crippen LogP contribution in [0.4, 0.5) is 18.9 Å². The first-order chi connectivity index (χ1) is 13.4. The number of carbonyl (C=O) groups is 1. The average molecular weight is 386 g/mol. The van der Waals surface area contributed by atoms with Gasteiger partial charge in [-0.2, -0.15) is 13.2 Å². The van der Waals surface area contributed by atoms with E-state index in [1.807, 2.05) is 12.1 Å². The van der Waals surface area contributed by atoms with Crippen LogP contribution >= 0.6 is 0 Å². The number of hydrogen-bond donors (Lipinski definition) is 1. The second kappa shape index (κ2) is 8.12. The first-order valence-corrected chi connectivity index (χ1v) is 8.42. The Morgan fingerprint density at radius 3 is 2.46 bits per heavy atom. The SMILES string of the molecule is COc1cc(NC(=O)Cc2ccccc2C(F)(F)F)ccc1-c1ccncc1. The lowest BCUT2D eigenvalue weighted by molar-refractivity contribution is -0.138. The summed E-state index contributed by atoms with van der Waals surface area (Å²) in [6.45, 7) is 0. The van der Waals surface area contributed by atoms with Gasteiger partial charge in [0.15, 0.2) is 0 Å². The van der Waals surface area contributed by atoms with E-state index in [0.29, 0.717) is 11.4 Å². The molecule has 28 heavy (non-hydrogen) atoms. The summed E-state index contributed by atoms with van der Waals surface area (Å²) in [5, 5.41) is 2.62. The third-order valence-electron chi connectivity index (χ3n) is 4.15. The standard InChI is InChI=1S/C21H17F3N2O2/c1-28-19-13-16(6-7-17(19)14-8-10-25-11-9-14)26-20(27)12-15-4-2-3-5-18(15)21(22,23)24/h2-11,13H,12H2,1H3,(H,26,27).